The van der Waals surface area contributed by atoms with Gasteiger partial charge in [-0.1, -0.05) is 0 Å². The first-order valence-corrected chi connectivity index (χ1v) is 3.64. The summed E-state index contributed by atoms with van der Waals surface area (Å²) in [6.07, 6.45) is 3.52. The molecule has 0 aromatic carbocycles. The molecular formula is C9H11NO2. The number of carbonyl (C=O) groups is 1. The summed E-state index contributed by atoms with van der Waals surface area (Å²) in [7, 11) is 1.88. The molecule has 0 saturated carbocycles. The molecule has 0 amide bonds. The summed E-state index contributed by atoms with van der Waals surface area (Å²) in [6.45, 7) is 1.58. The summed E-state index contributed by atoms with van der Waals surface area (Å²) in [6, 6.07) is 3.74. The van der Waals surface area contributed by atoms with Crippen LogP contribution in [0, 0.1) is 0 Å². The van der Waals surface area contributed by atoms with E-state index in [9.17, 15) is 4.79 Å². The van der Waals surface area contributed by atoms with Gasteiger partial charge in [-0.2, -0.15) is 0 Å². The Morgan fingerprint density at radius 2 is 2.33 bits per heavy atom. The van der Waals surface area contributed by atoms with E-state index in [2.05, 4.69) is 0 Å². The normalized spacial score (nSPS) is 11.7. The number of aryl methyl sites for hydroxylation is 1. The van der Waals surface area contributed by atoms with Crippen molar-refractivity contribution >= 4 is 12.0 Å². The lowest BCUT2D eigenvalue weighted by Crippen LogP contribution is -1.97. The predicted octanol–water partition coefficient (Wildman–Crippen LogP) is 1.51. The van der Waals surface area contributed by atoms with E-state index < -0.39 is 5.97 Å². The van der Waals surface area contributed by atoms with Crippen molar-refractivity contribution in [1.29, 1.82) is 0 Å². The molecule has 0 saturated heterocycles. The highest BCUT2D eigenvalue weighted by molar-refractivity contribution is 5.91. The summed E-state index contributed by atoms with van der Waals surface area (Å²) in [4.78, 5) is 10.5. The number of aromatic nitrogens is 1. The second-order valence-corrected chi connectivity index (χ2v) is 2.68. The van der Waals surface area contributed by atoms with Crippen LogP contribution in [0.3, 0.4) is 0 Å². The third-order valence-corrected chi connectivity index (χ3v) is 1.69. The highest BCUT2D eigenvalue weighted by Crippen LogP contribution is 2.06. The highest BCUT2D eigenvalue weighted by Gasteiger charge is 2.00. The van der Waals surface area contributed by atoms with Crippen LogP contribution in [0.2, 0.25) is 0 Å². The lowest BCUT2D eigenvalue weighted by molar-refractivity contribution is -0.132. The third-order valence-electron chi connectivity index (χ3n) is 1.69. The lowest BCUT2D eigenvalue weighted by atomic mass is 10.2. The quantitative estimate of drug-likeness (QED) is 0.675. The van der Waals surface area contributed by atoms with Gasteiger partial charge in [-0.05, 0) is 25.1 Å². The number of rotatable bonds is 2. The van der Waals surface area contributed by atoms with Gasteiger partial charge in [-0.15, -0.1) is 0 Å². The fraction of sp³-hybridized carbons (Fsp3) is 0.222. The first-order valence-electron chi connectivity index (χ1n) is 3.64. The van der Waals surface area contributed by atoms with Crippen molar-refractivity contribution in [1.82, 2.24) is 4.57 Å². The molecule has 1 aromatic heterocycles. The Morgan fingerprint density at radius 1 is 1.67 bits per heavy atom. The maximum atomic E-state index is 10.5. The molecule has 0 radical (unpaired) electrons. The second-order valence-electron chi connectivity index (χ2n) is 2.68. The van der Waals surface area contributed by atoms with E-state index in [1.165, 1.54) is 0 Å². The Bertz CT molecular complexity index is 323. The van der Waals surface area contributed by atoms with Gasteiger partial charge < -0.3 is 9.67 Å². The molecule has 0 bridgehead atoms. The van der Waals surface area contributed by atoms with Crippen molar-refractivity contribution in [2.75, 3.05) is 0 Å². The van der Waals surface area contributed by atoms with Crippen molar-refractivity contribution in [3.63, 3.8) is 0 Å². The maximum Gasteiger partial charge on any atom is 0.331 e. The molecule has 3 heteroatoms. The number of carboxylic acid groups (broad SMARTS) is 1. The van der Waals surface area contributed by atoms with E-state index in [0.717, 1.165) is 5.69 Å². The highest BCUT2D eigenvalue weighted by atomic mass is 16.4. The van der Waals surface area contributed by atoms with Gasteiger partial charge in [0.1, 0.15) is 0 Å². The molecule has 3 nitrogen and oxygen atoms in total. The summed E-state index contributed by atoms with van der Waals surface area (Å²) in [5.41, 5.74) is 1.24. The van der Waals surface area contributed by atoms with Gasteiger partial charge in [0.15, 0.2) is 0 Å². The van der Waals surface area contributed by atoms with Crippen LogP contribution >= 0.6 is 0 Å². The SMILES string of the molecule is C/C(=C\c1cccn1C)C(=O)O. The maximum absolute atomic E-state index is 10.5. The average molecular weight is 165 g/mol. The first-order chi connectivity index (χ1) is 5.61. The topological polar surface area (TPSA) is 42.2 Å². The first kappa shape index (κ1) is 8.59. The molecule has 1 heterocycles. The number of nitrogens with zero attached hydrogens (tertiary/aromatic N) is 1. The molecule has 0 aliphatic carbocycles. The molecule has 12 heavy (non-hydrogen) atoms. The van der Waals surface area contributed by atoms with Crippen molar-refractivity contribution in [3.8, 4) is 0 Å². The zero-order valence-corrected chi connectivity index (χ0v) is 7.11. The third kappa shape index (κ3) is 1.75. The predicted molar refractivity (Wildman–Crippen MR) is 46.7 cm³/mol. The number of hydrogen-bond donors (Lipinski definition) is 1. The summed E-state index contributed by atoms with van der Waals surface area (Å²) >= 11 is 0. The second kappa shape index (κ2) is 3.26. The van der Waals surface area contributed by atoms with Crippen LogP contribution in [0.5, 0.6) is 0 Å². The Balaban J connectivity index is 2.95. The van der Waals surface area contributed by atoms with Crippen LogP contribution in [0.15, 0.2) is 23.9 Å². The van der Waals surface area contributed by atoms with Crippen LogP contribution in [-0.4, -0.2) is 15.6 Å². The zero-order valence-electron chi connectivity index (χ0n) is 7.11. The van der Waals surface area contributed by atoms with Gasteiger partial charge >= 0.3 is 5.97 Å². The van der Waals surface area contributed by atoms with E-state index in [-0.39, 0.29) is 0 Å². The van der Waals surface area contributed by atoms with Crippen LogP contribution in [0.25, 0.3) is 6.08 Å². The minimum absolute atomic E-state index is 0.344. The van der Waals surface area contributed by atoms with Crippen molar-refractivity contribution < 1.29 is 9.90 Å². The Hall–Kier alpha value is -1.51. The minimum atomic E-state index is -0.879. The number of hydrogen-bond acceptors (Lipinski definition) is 1. The standard InChI is InChI=1S/C9H11NO2/c1-7(9(11)12)6-8-4-3-5-10(8)2/h3-6H,1-2H3,(H,11,12)/b7-6+. The van der Waals surface area contributed by atoms with Crippen molar-refractivity contribution in [2.24, 2.45) is 7.05 Å². The molecule has 0 fully saturated rings. The molecule has 1 N–H and O–H groups in total. The van der Waals surface area contributed by atoms with Gasteiger partial charge in [0.2, 0.25) is 0 Å². The van der Waals surface area contributed by atoms with Gasteiger partial charge in [-0.3, -0.25) is 0 Å². The largest absolute Gasteiger partial charge is 0.478 e. The number of aliphatic carboxylic acids is 1. The summed E-state index contributed by atoms with van der Waals surface area (Å²) in [5.74, 6) is -0.879. The van der Waals surface area contributed by atoms with E-state index >= 15 is 0 Å². The van der Waals surface area contributed by atoms with Crippen LogP contribution in [0.4, 0.5) is 0 Å². The van der Waals surface area contributed by atoms with Crippen molar-refractivity contribution in [2.45, 2.75) is 6.92 Å². The molecule has 64 valence electrons. The average Bonchev–Trinajstić information content (AvgIpc) is 2.36. The fourth-order valence-corrected chi connectivity index (χ4v) is 0.908. The molecular weight excluding hydrogens is 154 g/mol. The Kier molecular flexibility index (Phi) is 2.33. The molecule has 0 unspecified atom stereocenters. The summed E-state index contributed by atoms with van der Waals surface area (Å²) in [5, 5.41) is 8.59. The Morgan fingerprint density at radius 3 is 2.75 bits per heavy atom. The Labute approximate surface area is 70.9 Å². The van der Waals surface area contributed by atoms with Gasteiger partial charge in [0.25, 0.3) is 0 Å². The van der Waals surface area contributed by atoms with Gasteiger partial charge in [0.05, 0.1) is 0 Å². The van der Waals surface area contributed by atoms with E-state index in [1.54, 1.807) is 13.0 Å². The molecule has 0 aliphatic rings. The molecule has 0 atom stereocenters. The van der Waals surface area contributed by atoms with Gasteiger partial charge in [0, 0.05) is 24.5 Å². The lowest BCUT2D eigenvalue weighted by Gasteiger charge is -1.96. The van der Waals surface area contributed by atoms with E-state index in [4.69, 9.17) is 5.11 Å². The van der Waals surface area contributed by atoms with E-state index in [0.29, 0.717) is 5.57 Å². The molecule has 0 aliphatic heterocycles. The van der Waals surface area contributed by atoms with Crippen LogP contribution in [0.1, 0.15) is 12.6 Å². The number of carboxylic acids is 1. The minimum Gasteiger partial charge on any atom is -0.478 e. The van der Waals surface area contributed by atoms with Crippen LogP contribution < -0.4 is 0 Å². The smallest absolute Gasteiger partial charge is 0.331 e. The monoisotopic (exact) mass is 165 g/mol. The fourth-order valence-electron chi connectivity index (χ4n) is 0.908. The van der Waals surface area contributed by atoms with Crippen LogP contribution in [-0.2, 0) is 11.8 Å². The zero-order chi connectivity index (χ0) is 9.14. The molecule has 1 rings (SSSR count). The molecule has 0 spiro atoms. The van der Waals surface area contributed by atoms with Gasteiger partial charge in [-0.25, -0.2) is 4.79 Å². The summed E-state index contributed by atoms with van der Waals surface area (Å²) < 4.78 is 1.87. The molecule has 1 aromatic rings. The van der Waals surface area contributed by atoms with E-state index in [1.807, 2.05) is 29.9 Å². The van der Waals surface area contributed by atoms with Crippen molar-refractivity contribution in [3.05, 3.63) is 29.6 Å².